The Morgan fingerprint density at radius 2 is 1.86 bits per heavy atom. The molecule has 29 heavy (non-hydrogen) atoms. The highest BCUT2D eigenvalue weighted by atomic mass is 16.5. The van der Waals surface area contributed by atoms with Crippen LogP contribution in [0.15, 0.2) is 66.9 Å². The topological polar surface area (TPSA) is 54.5 Å². The van der Waals surface area contributed by atoms with Crippen molar-refractivity contribution in [3.05, 3.63) is 78.1 Å². The van der Waals surface area contributed by atoms with Crippen LogP contribution in [0.2, 0.25) is 0 Å². The van der Waals surface area contributed by atoms with Crippen LogP contribution in [0.3, 0.4) is 0 Å². The van der Waals surface area contributed by atoms with Gasteiger partial charge in [0, 0.05) is 11.7 Å². The predicted octanol–water partition coefficient (Wildman–Crippen LogP) is 5.20. The Morgan fingerprint density at radius 3 is 2.62 bits per heavy atom. The highest BCUT2D eigenvalue weighted by Crippen LogP contribution is 2.37. The van der Waals surface area contributed by atoms with E-state index in [-0.39, 0.29) is 12.0 Å². The molecule has 1 amide bonds. The fourth-order valence-electron chi connectivity index (χ4n) is 3.73. The van der Waals surface area contributed by atoms with E-state index in [4.69, 9.17) is 4.74 Å². The molecule has 0 fully saturated rings. The van der Waals surface area contributed by atoms with Crippen molar-refractivity contribution in [3.8, 4) is 5.75 Å². The molecule has 0 aliphatic carbocycles. The summed E-state index contributed by atoms with van der Waals surface area (Å²) in [6, 6.07) is 19.9. The van der Waals surface area contributed by atoms with E-state index in [0.29, 0.717) is 23.2 Å². The molecule has 0 saturated carbocycles. The second-order valence-electron chi connectivity index (χ2n) is 7.57. The van der Waals surface area contributed by atoms with Gasteiger partial charge in [0.2, 0.25) is 0 Å². The van der Waals surface area contributed by atoms with Crippen molar-refractivity contribution < 1.29 is 9.53 Å². The summed E-state index contributed by atoms with van der Waals surface area (Å²) in [7, 11) is 0. The minimum atomic E-state index is -0.258. The van der Waals surface area contributed by atoms with E-state index in [1.165, 1.54) is 11.3 Å². The first-order chi connectivity index (χ1) is 14.0. The Bertz CT molecular complexity index is 1010. The molecular weight excluding hydrogens is 362 g/mol. The second kappa shape index (κ2) is 7.95. The Kier molecular flexibility index (Phi) is 5.21. The van der Waals surface area contributed by atoms with Gasteiger partial charge in [-0.15, -0.1) is 0 Å². The van der Waals surface area contributed by atoms with E-state index in [9.17, 15) is 4.79 Å². The number of carbonyl (C=O) groups is 1. The number of nitrogens with one attached hydrogen (secondary N) is 1. The molecule has 2 heterocycles. The van der Waals surface area contributed by atoms with Gasteiger partial charge in [-0.3, -0.25) is 4.79 Å². The van der Waals surface area contributed by atoms with Gasteiger partial charge >= 0.3 is 0 Å². The van der Waals surface area contributed by atoms with Crippen LogP contribution < -0.4 is 15.0 Å². The summed E-state index contributed by atoms with van der Waals surface area (Å²) >= 11 is 0. The average Bonchev–Trinajstić information content (AvgIpc) is 3.05. The summed E-state index contributed by atoms with van der Waals surface area (Å²) in [6.45, 7) is 6.11. The normalized spacial score (nSPS) is 15.3. The van der Waals surface area contributed by atoms with Crippen LogP contribution in [0.25, 0.3) is 0 Å². The molecule has 0 spiro atoms. The zero-order chi connectivity index (χ0) is 20.4. The largest absolute Gasteiger partial charge is 0.489 e. The maximum Gasteiger partial charge on any atom is 0.274 e. The van der Waals surface area contributed by atoms with Crippen LogP contribution in [0.1, 0.15) is 36.8 Å². The Labute approximate surface area is 171 Å². The number of para-hydroxylation sites is 3. The summed E-state index contributed by atoms with van der Waals surface area (Å²) in [5.41, 5.74) is 4.54. The molecule has 1 N–H and O–H groups in total. The average molecular weight is 387 g/mol. The number of amides is 1. The number of fused-ring (bicyclic) bond motifs is 1. The molecule has 0 bridgehead atoms. The first-order valence-corrected chi connectivity index (χ1v) is 9.93. The molecule has 148 valence electrons. The summed E-state index contributed by atoms with van der Waals surface area (Å²) in [4.78, 5) is 19.4. The van der Waals surface area contributed by atoms with Crippen LogP contribution in [0, 0.1) is 0 Å². The van der Waals surface area contributed by atoms with Gasteiger partial charge in [-0.05, 0) is 63.1 Å². The van der Waals surface area contributed by atoms with Crippen molar-refractivity contribution in [1.82, 2.24) is 4.98 Å². The molecule has 1 atom stereocenters. The zero-order valence-corrected chi connectivity index (χ0v) is 16.9. The summed E-state index contributed by atoms with van der Waals surface area (Å²) in [5.74, 6) is 0.390. The van der Waals surface area contributed by atoms with Gasteiger partial charge in [0.1, 0.15) is 11.4 Å². The molecule has 1 aliphatic heterocycles. The molecule has 5 heteroatoms. The first-order valence-electron chi connectivity index (χ1n) is 9.93. The fourth-order valence-corrected chi connectivity index (χ4v) is 3.73. The van der Waals surface area contributed by atoms with Gasteiger partial charge in [0.25, 0.3) is 5.91 Å². The second-order valence-corrected chi connectivity index (χ2v) is 7.57. The van der Waals surface area contributed by atoms with Crippen molar-refractivity contribution >= 4 is 23.0 Å². The number of benzene rings is 2. The molecule has 0 radical (unpaired) electrons. The molecule has 5 nitrogen and oxygen atoms in total. The van der Waals surface area contributed by atoms with Crippen molar-refractivity contribution in [2.75, 3.05) is 10.2 Å². The highest BCUT2D eigenvalue weighted by molar-refractivity contribution is 6.03. The van der Waals surface area contributed by atoms with Crippen molar-refractivity contribution in [3.63, 3.8) is 0 Å². The van der Waals surface area contributed by atoms with Crippen molar-refractivity contribution in [2.45, 2.75) is 39.3 Å². The molecule has 4 rings (SSSR count). The molecule has 1 unspecified atom stereocenters. The Morgan fingerprint density at radius 1 is 1.10 bits per heavy atom. The van der Waals surface area contributed by atoms with E-state index in [0.717, 1.165) is 12.1 Å². The van der Waals surface area contributed by atoms with E-state index in [1.54, 1.807) is 12.3 Å². The van der Waals surface area contributed by atoms with E-state index in [2.05, 4.69) is 46.4 Å². The zero-order valence-electron chi connectivity index (χ0n) is 16.9. The van der Waals surface area contributed by atoms with Crippen molar-refractivity contribution in [2.24, 2.45) is 0 Å². The molecule has 2 aromatic carbocycles. The van der Waals surface area contributed by atoms with E-state index >= 15 is 0 Å². The van der Waals surface area contributed by atoms with Gasteiger partial charge in [-0.1, -0.05) is 30.3 Å². The summed E-state index contributed by atoms with van der Waals surface area (Å²) < 4.78 is 5.77. The smallest absolute Gasteiger partial charge is 0.274 e. The number of anilines is 3. The number of nitrogens with zero attached hydrogens (tertiary/aromatic N) is 2. The SMILES string of the molecule is CC(C)Oc1ccccc1NC(=O)c1ccc(N2c3ccccc3CC2C)cn1. The lowest BCUT2D eigenvalue weighted by Crippen LogP contribution is -2.24. The number of hydrogen-bond donors (Lipinski definition) is 1. The third-order valence-electron chi connectivity index (χ3n) is 4.96. The molecule has 3 aromatic rings. The lowest BCUT2D eigenvalue weighted by atomic mass is 10.1. The number of ether oxygens (including phenoxy) is 1. The van der Waals surface area contributed by atoms with Gasteiger partial charge in [0.05, 0.1) is 23.7 Å². The minimum absolute atomic E-state index is 0.0239. The predicted molar refractivity (Wildman–Crippen MR) is 116 cm³/mol. The number of hydrogen-bond acceptors (Lipinski definition) is 4. The number of carbonyl (C=O) groups excluding carboxylic acids is 1. The molecule has 1 aromatic heterocycles. The van der Waals surface area contributed by atoms with Crippen LogP contribution in [0.4, 0.5) is 17.1 Å². The van der Waals surface area contributed by atoms with Gasteiger partial charge < -0.3 is 15.0 Å². The third-order valence-corrected chi connectivity index (χ3v) is 4.96. The number of rotatable bonds is 5. The fraction of sp³-hybridized carbons (Fsp3) is 0.250. The Hall–Kier alpha value is -3.34. The highest BCUT2D eigenvalue weighted by Gasteiger charge is 2.27. The first kappa shape index (κ1) is 19.0. The van der Waals surface area contributed by atoms with Gasteiger partial charge in [-0.25, -0.2) is 4.98 Å². The van der Waals surface area contributed by atoms with Crippen LogP contribution in [-0.2, 0) is 6.42 Å². The van der Waals surface area contributed by atoms with Crippen molar-refractivity contribution in [1.29, 1.82) is 0 Å². The van der Waals surface area contributed by atoms with Crippen LogP contribution >= 0.6 is 0 Å². The lowest BCUT2D eigenvalue weighted by molar-refractivity contribution is 0.102. The molecular formula is C24H25N3O2. The number of aromatic nitrogens is 1. The molecule has 1 aliphatic rings. The van der Waals surface area contributed by atoms with E-state index in [1.807, 2.05) is 44.2 Å². The van der Waals surface area contributed by atoms with Crippen LogP contribution in [-0.4, -0.2) is 23.0 Å². The number of pyridine rings is 1. The minimum Gasteiger partial charge on any atom is -0.489 e. The quantitative estimate of drug-likeness (QED) is 0.653. The van der Waals surface area contributed by atoms with Crippen LogP contribution in [0.5, 0.6) is 5.75 Å². The maximum atomic E-state index is 12.7. The Balaban J connectivity index is 1.53. The standard InChI is InChI=1S/C24H25N3O2/c1-16(2)29-23-11-7-5-9-20(23)26-24(28)21-13-12-19(15-25-21)27-17(3)14-18-8-4-6-10-22(18)27/h4-13,15-17H,14H2,1-3H3,(H,26,28). The maximum absolute atomic E-state index is 12.7. The lowest BCUT2D eigenvalue weighted by Gasteiger charge is -2.24. The molecule has 0 saturated heterocycles. The summed E-state index contributed by atoms with van der Waals surface area (Å²) in [6.07, 6.45) is 2.80. The van der Waals surface area contributed by atoms with Gasteiger partial charge in [0.15, 0.2) is 0 Å². The summed E-state index contributed by atoms with van der Waals surface area (Å²) in [5, 5.41) is 2.91. The van der Waals surface area contributed by atoms with Gasteiger partial charge in [-0.2, -0.15) is 0 Å². The third kappa shape index (κ3) is 3.94. The van der Waals surface area contributed by atoms with E-state index < -0.39 is 0 Å². The monoisotopic (exact) mass is 387 g/mol.